The molecule has 0 fully saturated rings. The molecule has 5 aromatic rings. The van der Waals surface area contributed by atoms with Crippen LogP contribution in [0.15, 0.2) is 78.9 Å². The number of hydrogen-bond donors (Lipinski definition) is 3. The summed E-state index contributed by atoms with van der Waals surface area (Å²) < 4.78 is 34.5. The van der Waals surface area contributed by atoms with E-state index in [-0.39, 0.29) is 63.9 Å². The van der Waals surface area contributed by atoms with Crippen molar-refractivity contribution in [1.29, 1.82) is 0 Å². The van der Waals surface area contributed by atoms with Crippen molar-refractivity contribution in [3.8, 4) is 23.0 Å². The third kappa shape index (κ3) is 8.39. The molecular weight excluding hydrogens is 925 g/mol. The molecule has 23 heteroatoms. The van der Waals surface area contributed by atoms with Crippen LogP contribution in [0, 0.1) is 20.2 Å². The summed E-state index contributed by atoms with van der Waals surface area (Å²) in [6, 6.07) is 17.4. The molecule has 4 heterocycles. The maximum absolute atomic E-state index is 13.9. The van der Waals surface area contributed by atoms with Crippen molar-refractivity contribution in [3.05, 3.63) is 149 Å². The molecule has 4 aliphatic heterocycles. The Morgan fingerprint density at radius 1 is 0.643 bits per heavy atom. The summed E-state index contributed by atoms with van der Waals surface area (Å²) >= 11 is 0. The van der Waals surface area contributed by atoms with E-state index in [1.165, 1.54) is 64.4 Å². The van der Waals surface area contributed by atoms with E-state index in [0.717, 1.165) is 12.1 Å². The highest BCUT2D eigenvalue weighted by Crippen LogP contribution is 2.59. The molecule has 9 rings (SSSR count). The Bertz CT molecular complexity index is 2950. The average molecular weight is 961 g/mol. The first kappa shape index (κ1) is 45.9. The number of fused-ring (bicyclic) bond motifs is 8. The second-order valence-electron chi connectivity index (χ2n) is 16.3. The van der Waals surface area contributed by atoms with Gasteiger partial charge in [-0.3, -0.25) is 30.0 Å². The number of aliphatic carboxylic acids is 2. The lowest BCUT2D eigenvalue weighted by Gasteiger charge is -2.40. The fourth-order valence-electron chi connectivity index (χ4n) is 9.00. The molecule has 0 aromatic heterocycles. The summed E-state index contributed by atoms with van der Waals surface area (Å²) in [6.07, 6.45) is -0.168. The van der Waals surface area contributed by atoms with Gasteiger partial charge in [-0.05, 0) is 91.4 Å². The number of carboxylic acids is 3. The fourth-order valence-corrected chi connectivity index (χ4v) is 9.00. The molecule has 0 saturated heterocycles. The van der Waals surface area contributed by atoms with Gasteiger partial charge in [-0.1, -0.05) is 0 Å². The number of amides is 2. The van der Waals surface area contributed by atoms with Crippen LogP contribution in [0.3, 0.4) is 0 Å². The summed E-state index contributed by atoms with van der Waals surface area (Å²) in [4.78, 5) is 101. The molecule has 70 heavy (non-hydrogen) atoms. The van der Waals surface area contributed by atoms with Crippen molar-refractivity contribution >= 4 is 58.8 Å². The highest BCUT2D eigenvalue weighted by Gasteiger charge is 2.55. The Kier molecular flexibility index (Phi) is 11.8. The summed E-state index contributed by atoms with van der Waals surface area (Å²) in [5, 5.41) is 51.9. The molecular formula is C47H36N4O19. The zero-order valence-electron chi connectivity index (χ0n) is 36.2. The summed E-state index contributed by atoms with van der Waals surface area (Å²) in [6.45, 7) is -2.39. The lowest BCUT2D eigenvalue weighted by atomic mass is 9.75. The number of nitrogens with zero attached hydrogens (tertiary/aromatic N) is 4. The molecule has 2 amide bonds. The van der Waals surface area contributed by atoms with E-state index in [0.29, 0.717) is 59.3 Å². The van der Waals surface area contributed by atoms with E-state index < -0.39 is 89.3 Å². The van der Waals surface area contributed by atoms with Gasteiger partial charge in [0.05, 0.1) is 43.5 Å². The first-order chi connectivity index (χ1) is 33.5. The van der Waals surface area contributed by atoms with Crippen molar-refractivity contribution in [3.63, 3.8) is 0 Å². The Balaban J connectivity index is 1.08. The van der Waals surface area contributed by atoms with Gasteiger partial charge in [-0.15, -0.1) is 0 Å². The largest absolute Gasteiger partial charge is 0.482 e. The van der Waals surface area contributed by atoms with Crippen LogP contribution < -0.4 is 24.0 Å². The third-order valence-electron chi connectivity index (χ3n) is 12.1. The molecule has 0 aliphatic carbocycles. The molecule has 5 aromatic carbocycles. The van der Waals surface area contributed by atoms with Crippen LogP contribution in [0.5, 0.6) is 23.0 Å². The normalized spacial score (nSPS) is 14.6. The van der Waals surface area contributed by atoms with Gasteiger partial charge in [0.25, 0.3) is 11.4 Å². The minimum absolute atomic E-state index is 0.00915. The minimum atomic E-state index is -1.82. The van der Waals surface area contributed by atoms with Crippen molar-refractivity contribution in [2.24, 2.45) is 0 Å². The molecule has 0 atom stereocenters. The molecule has 0 bridgehead atoms. The number of carbonyl (C=O) groups excluding carboxylic acids is 3. The standard InChI is InChI=1S/C47H36N4O19/c52-41(53)22-65-29-6-9-35(50(61)62)27(13-29)20-67-45(59)48-11-1-3-24-15-33-39(18-37(24)48)69-40-19-38-25(16-34(40)47(33)32-17-26(43(56)57)5-8-31(32)44(58)70-47)4-2-12-49(38)46(60)68-21-28-14-30(66-23-42(54)55)7-10-36(28)51(63)64/h5-10,13-19H,1-4,11-12,20-23H2,(H,52,53)(H,54,55)(H,56,57). The number of esters is 1. The Labute approximate surface area is 393 Å². The van der Waals surface area contributed by atoms with Crippen molar-refractivity contribution in [2.75, 3.05) is 36.1 Å². The van der Waals surface area contributed by atoms with E-state index in [9.17, 15) is 54.1 Å². The van der Waals surface area contributed by atoms with Crippen molar-refractivity contribution < 1.29 is 82.4 Å². The van der Waals surface area contributed by atoms with Gasteiger partial charge >= 0.3 is 36.1 Å². The molecule has 3 N–H and O–H groups in total. The smallest absolute Gasteiger partial charge is 0.414 e. The van der Waals surface area contributed by atoms with E-state index in [2.05, 4.69) is 0 Å². The average Bonchev–Trinajstić information content (AvgIpc) is 3.63. The second-order valence-corrected chi connectivity index (χ2v) is 16.3. The third-order valence-corrected chi connectivity index (χ3v) is 12.1. The molecule has 23 nitrogen and oxygen atoms in total. The number of hydrogen-bond acceptors (Lipinski definition) is 16. The number of aromatic carboxylic acids is 1. The Morgan fingerprint density at radius 3 is 1.57 bits per heavy atom. The van der Waals surface area contributed by atoms with Crippen LogP contribution in [-0.2, 0) is 55.5 Å². The minimum Gasteiger partial charge on any atom is -0.482 e. The Hall–Kier alpha value is -9.28. The van der Waals surface area contributed by atoms with Gasteiger partial charge in [-0.25, -0.2) is 28.8 Å². The Morgan fingerprint density at radius 2 is 1.13 bits per heavy atom. The number of benzene rings is 5. The van der Waals surface area contributed by atoms with Crippen LogP contribution in [-0.4, -0.2) is 87.5 Å². The lowest BCUT2D eigenvalue weighted by Crippen LogP contribution is -2.38. The van der Waals surface area contributed by atoms with Gasteiger partial charge in [0, 0.05) is 54.0 Å². The maximum atomic E-state index is 13.9. The van der Waals surface area contributed by atoms with Gasteiger partial charge in [0.15, 0.2) is 18.8 Å². The van der Waals surface area contributed by atoms with E-state index >= 15 is 0 Å². The monoisotopic (exact) mass is 960 g/mol. The quantitative estimate of drug-likeness (QED) is 0.0469. The van der Waals surface area contributed by atoms with Gasteiger partial charge in [0.1, 0.15) is 36.2 Å². The highest BCUT2D eigenvalue weighted by atomic mass is 16.6. The number of carbonyl (C=O) groups is 6. The molecule has 0 radical (unpaired) electrons. The lowest BCUT2D eigenvalue weighted by molar-refractivity contribution is -0.386. The number of ether oxygens (including phenoxy) is 6. The predicted octanol–water partition coefficient (Wildman–Crippen LogP) is 6.87. The number of anilines is 2. The molecule has 4 aliphatic rings. The molecule has 1 spiro atoms. The first-order valence-electron chi connectivity index (χ1n) is 21.3. The van der Waals surface area contributed by atoms with Crippen LogP contribution in [0.25, 0.3) is 0 Å². The number of carboxylic acid groups (broad SMARTS) is 3. The highest BCUT2D eigenvalue weighted by molar-refractivity contribution is 6.00. The second kappa shape index (κ2) is 18.1. The van der Waals surface area contributed by atoms with Crippen LogP contribution in [0.4, 0.5) is 32.3 Å². The number of nitro groups is 2. The van der Waals surface area contributed by atoms with Gasteiger partial charge < -0.3 is 43.7 Å². The summed E-state index contributed by atoms with van der Waals surface area (Å²) in [7, 11) is 0. The van der Waals surface area contributed by atoms with E-state index in [1.54, 1.807) is 12.1 Å². The zero-order chi connectivity index (χ0) is 49.6. The number of rotatable bonds is 13. The SMILES string of the molecule is O=C(O)COc1ccc([N+](=O)[O-])c(COC(=O)N2CCCc3cc4c(cc32)Oc2cc3c(cc2C42OC(=O)c4ccc(C(=O)O)cc42)CCCN3C(=O)OCc2cc(OCC(=O)O)ccc2[N+](=O)[O-])c1. The predicted molar refractivity (Wildman–Crippen MR) is 236 cm³/mol. The van der Waals surface area contributed by atoms with Crippen molar-refractivity contribution in [1.82, 2.24) is 0 Å². The zero-order valence-corrected chi connectivity index (χ0v) is 36.2. The number of aryl methyl sites for hydroxylation is 2. The molecule has 358 valence electrons. The molecule has 0 saturated carbocycles. The molecule has 0 unspecified atom stereocenters. The van der Waals surface area contributed by atoms with Crippen LogP contribution >= 0.6 is 0 Å². The fraction of sp³-hybridized carbons (Fsp3) is 0.234. The van der Waals surface area contributed by atoms with E-state index in [4.69, 9.17) is 38.6 Å². The van der Waals surface area contributed by atoms with Crippen LogP contribution in [0.1, 0.15) is 72.5 Å². The van der Waals surface area contributed by atoms with E-state index in [1.807, 2.05) is 0 Å². The van der Waals surface area contributed by atoms with Gasteiger partial charge in [-0.2, -0.15) is 0 Å². The maximum Gasteiger partial charge on any atom is 0.414 e. The number of nitro benzene ring substituents is 2. The van der Waals surface area contributed by atoms with Crippen LogP contribution in [0.2, 0.25) is 0 Å². The topological polar surface area (TPSA) is 311 Å². The summed E-state index contributed by atoms with van der Waals surface area (Å²) in [5.41, 5.74) is -0.332. The van der Waals surface area contributed by atoms with Crippen molar-refractivity contribution in [2.45, 2.75) is 44.5 Å². The first-order valence-corrected chi connectivity index (χ1v) is 21.3. The summed E-state index contributed by atoms with van der Waals surface area (Å²) in [5.74, 6) is -4.50. The van der Waals surface area contributed by atoms with Gasteiger partial charge in [0.2, 0.25) is 0 Å².